The second-order valence-electron chi connectivity index (χ2n) is 4.71. The molecule has 0 saturated carbocycles. The number of hydrogen-bond acceptors (Lipinski definition) is 7. The van der Waals surface area contributed by atoms with Gasteiger partial charge < -0.3 is 9.47 Å². The van der Waals surface area contributed by atoms with E-state index in [4.69, 9.17) is 5.26 Å². The normalized spacial score (nSPS) is 9.30. The molecule has 0 aromatic heterocycles. The molecule has 0 atom stereocenters. The molecule has 140 valence electrons. The summed E-state index contributed by atoms with van der Waals surface area (Å²) < 4.78 is 9.88. The van der Waals surface area contributed by atoms with Crippen molar-refractivity contribution in [3.05, 3.63) is 72.1 Å². The van der Waals surface area contributed by atoms with Crippen molar-refractivity contribution in [2.75, 3.05) is 14.2 Å². The first kappa shape index (κ1) is 22.3. The van der Waals surface area contributed by atoms with Crippen molar-refractivity contribution in [3.8, 4) is 6.07 Å². The summed E-state index contributed by atoms with van der Waals surface area (Å²) in [4.78, 5) is 32.0. The summed E-state index contributed by atoms with van der Waals surface area (Å²) in [5.41, 5.74) is 0.913. The first-order chi connectivity index (χ1) is 12.7. The number of benzene rings is 2. The number of hydrogen-bond donors (Lipinski definition) is 0. The number of carbonyl (C=O) groups excluding carboxylic acids is 2. The van der Waals surface area contributed by atoms with Crippen molar-refractivity contribution in [2.45, 2.75) is 0 Å². The highest BCUT2D eigenvalue weighted by molar-refractivity contribution is 9.10. The number of ether oxygens (including phenoxy) is 2. The number of esters is 2. The fraction of sp³-hybridized carbons (Fsp3) is 0.118. The highest BCUT2D eigenvalue weighted by Crippen LogP contribution is 2.25. The van der Waals surface area contributed by atoms with Gasteiger partial charge in [-0.3, -0.25) is 10.1 Å². The Balaban J connectivity index is 0.000000271. The van der Waals surface area contributed by atoms with Crippen LogP contribution in [0.5, 0.6) is 0 Å². The lowest BCUT2D eigenvalue weighted by Gasteiger charge is -2.00. The number of halogens is 2. The zero-order valence-corrected chi connectivity index (χ0v) is 17.2. The molecular weight excluding hydrogens is 488 g/mol. The summed E-state index contributed by atoms with van der Waals surface area (Å²) in [6.07, 6.45) is 0. The number of methoxy groups -OCH3 is 2. The quantitative estimate of drug-likeness (QED) is 0.351. The minimum absolute atomic E-state index is 0.155. The van der Waals surface area contributed by atoms with Crippen LogP contribution in [0.2, 0.25) is 0 Å². The van der Waals surface area contributed by atoms with Gasteiger partial charge >= 0.3 is 11.9 Å². The molecule has 0 unspecified atom stereocenters. The smallest absolute Gasteiger partial charge is 0.338 e. The number of nitro benzene ring substituents is 1. The van der Waals surface area contributed by atoms with E-state index in [0.29, 0.717) is 20.1 Å². The summed E-state index contributed by atoms with van der Waals surface area (Å²) in [6.45, 7) is 0. The molecule has 10 heteroatoms. The Kier molecular flexibility index (Phi) is 8.58. The summed E-state index contributed by atoms with van der Waals surface area (Å²) in [7, 11) is 2.53. The molecule has 0 amide bonds. The van der Waals surface area contributed by atoms with E-state index in [1.807, 2.05) is 6.07 Å². The zero-order valence-electron chi connectivity index (χ0n) is 14.1. The Morgan fingerprint density at radius 2 is 1.52 bits per heavy atom. The molecule has 0 aliphatic heterocycles. The number of nitro groups is 1. The number of nitrogens with zero attached hydrogens (tertiary/aromatic N) is 2. The van der Waals surface area contributed by atoms with Crippen molar-refractivity contribution in [1.29, 1.82) is 5.26 Å². The minimum atomic E-state index is -0.597. The van der Waals surface area contributed by atoms with Crippen LogP contribution in [0.15, 0.2) is 45.3 Å². The van der Waals surface area contributed by atoms with E-state index in [1.165, 1.54) is 26.4 Å². The van der Waals surface area contributed by atoms with Gasteiger partial charge in [0.2, 0.25) is 0 Å². The molecule has 0 aliphatic rings. The van der Waals surface area contributed by atoms with Gasteiger partial charge in [-0.25, -0.2) is 9.59 Å². The van der Waals surface area contributed by atoms with Crippen LogP contribution < -0.4 is 0 Å². The van der Waals surface area contributed by atoms with Crippen LogP contribution in [0.25, 0.3) is 0 Å². The molecule has 27 heavy (non-hydrogen) atoms. The van der Waals surface area contributed by atoms with Crippen LogP contribution in [0, 0.1) is 21.4 Å². The predicted molar refractivity (Wildman–Crippen MR) is 102 cm³/mol. The molecule has 0 aliphatic carbocycles. The molecular formula is C17H12Br2N2O6. The van der Waals surface area contributed by atoms with Crippen LogP contribution in [0.4, 0.5) is 5.69 Å². The van der Waals surface area contributed by atoms with Gasteiger partial charge in [-0.2, -0.15) is 5.26 Å². The maximum absolute atomic E-state index is 11.0. The van der Waals surface area contributed by atoms with E-state index in [0.717, 1.165) is 6.07 Å². The predicted octanol–water partition coefficient (Wildman–Crippen LogP) is 4.25. The number of carbonyl (C=O) groups is 2. The fourth-order valence-electron chi connectivity index (χ4n) is 1.75. The molecule has 8 nitrogen and oxygen atoms in total. The van der Waals surface area contributed by atoms with E-state index < -0.39 is 16.9 Å². The van der Waals surface area contributed by atoms with Gasteiger partial charge in [-0.15, -0.1) is 0 Å². The molecule has 0 heterocycles. The lowest BCUT2D eigenvalue weighted by Crippen LogP contribution is -2.02. The molecule has 2 rings (SSSR count). The van der Waals surface area contributed by atoms with Crippen molar-refractivity contribution in [3.63, 3.8) is 0 Å². The highest BCUT2D eigenvalue weighted by Gasteiger charge is 2.15. The van der Waals surface area contributed by atoms with Crippen molar-refractivity contribution < 1.29 is 24.0 Å². The molecule has 0 radical (unpaired) electrons. The topological polar surface area (TPSA) is 120 Å². The molecule has 2 aromatic carbocycles. The molecule has 0 saturated heterocycles. The van der Waals surface area contributed by atoms with E-state index in [1.54, 1.807) is 18.2 Å². The van der Waals surface area contributed by atoms with E-state index in [9.17, 15) is 19.7 Å². The highest BCUT2D eigenvalue weighted by atomic mass is 79.9. The van der Waals surface area contributed by atoms with E-state index in [2.05, 4.69) is 41.3 Å². The molecule has 2 aromatic rings. The Bertz CT molecular complexity index is 924. The average molecular weight is 500 g/mol. The van der Waals surface area contributed by atoms with E-state index in [-0.39, 0.29) is 11.3 Å². The van der Waals surface area contributed by atoms with Gasteiger partial charge in [0.25, 0.3) is 5.69 Å². The minimum Gasteiger partial charge on any atom is -0.465 e. The largest absolute Gasteiger partial charge is 0.465 e. The monoisotopic (exact) mass is 498 g/mol. The molecule has 0 N–H and O–H groups in total. The van der Waals surface area contributed by atoms with Crippen molar-refractivity contribution in [1.82, 2.24) is 0 Å². The first-order valence-electron chi connectivity index (χ1n) is 7.05. The lowest BCUT2D eigenvalue weighted by molar-refractivity contribution is -0.385. The molecule has 0 spiro atoms. The molecule has 0 fully saturated rings. The summed E-state index contributed by atoms with van der Waals surface area (Å²) >= 11 is 6.18. The number of rotatable bonds is 3. The maximum atomic E-state index is 11.0. The Morgan fingerprint density at radius 1 is 1.00 bits per heavy atom. The van der Waals surface area contributed by atoms with Gasteiger partial charge in [0.1, 0.15) is 6.07 Å². The third kappa shape index (κ3) is 6.16. The summed E-state index contributed by atoms with van der Waals surface area (Å²) in [5, 5.41) is 19.1. The fourth-order valence-corrected chi connectivity index (χ4v) is 2.61. The lowest BCUT2D eigenvalue weighted by atomic mass is 10.1. The summed E-state index contributed by atoms with van der Waals surface area (Å²) in [6, 6.07) is 10.7. The van der Waals surface area contributed by atoms with Gasteiger partial charge in [-0.05, 0) is 62.2 Å². The van der Waals surface area contributed by atoms with Crippen LogP contribution in [0.1, 0.15) is 26.3 Å². The van der Waals surface area contributed by atoms with Crippen LogP contribution in [-0.2, 0) is 9.47 Å². The second kappa shape index (κ2) is 10.4. The third-order valence-corrected chi connectivity index (χ3v) is 4.40. The van der Waals surface area contributed by atoms with Crippen LogP contribution >= 0.6 is 31.9 Å². The Hall–Kier alpha value is -2.77. The van der Waals surface area contributed by atoms with Gasteiger partial charge in [0, 0.05) is 10.5 Å². The van der Waals surface area contributed by atoms with Gasteiger partial charge in [0.05, 0.1) is 40.3 Å². The summed E-state index contributed by atoms with van der Waals surface area (Å²) in [5.74, 6) is -1.01. The average Bonchev–Trinajstić information content (AvgIpc) is 2.67. The third-order valence-electron chi connectivity index (χ3n) is 3.07. The van der Waals surface area contributed by atoms with Gasteiger partial charge in [0.15, 0.2) is 0 Å². The second-order valence-corrected chi connectivity index (χ2v) is 6.42. The van der Waals surface area contributed by atoms with Crippen LogP contribution in [-0.4, -0.2) is 31.1 Å². The van der Waals surface area contributed by atoms with Crippen molar-refractivity contribution in [2.24, 2.45) is 0 Å². The molecule has 0 bridgehead atoms. The number of nitriles is 1. The van der Waals surface area contributed by atoms with Crippen LogP contribution in [0.3, 0.4) is 0 Å². The SMILES string of the molecule is COC(=O)c1ccc(Br)c([N+](=O)[O-])c1.COC(=O)c1ccc(C#N)c(Br)c1. The Labute approximate surface area is 171 Å². The maximum Gasteiger partial charge on any atom is 0.338 e. The van der Waals surface area contributed by atoms with Crippen molar-refractivity contribution >= 4 is 49.5 Å². The Morgan fingerprint density at radius 3 is 1.96 bits per heavy atom. The standard InChI is InChI=1S/C9H6BrNO2.C8H6BrNO4/c1-13-9(12)6-2-3-7(5-11)8(10)4-6;1-14-8(11)5-2-3-6(9)7(4-5)10(12)13/h2-4H,1H3;2-4H,1H3. The zero-order chi connectivity index (χ0) is 20.6. The van der Waals surface area contributed by atoms with E-state index >= 15 is 0 Å². The van der Waals surface area contributed by atoms with Gasteiger partial charge in [-0.1, -0.05) is 0 Å². The first-order valence-corrected chi connectivity index (χ1v) is 8.64.